The first-order valence-electron chi connectivity index (χ1n) is 9.04. The topological polar surface area (TPSA) is 76.5 Å². The van der Waals surface area contributed by atoms with Crippen molar-refractivity contribution in [3.05, 3.63) is 65.6 Å². The highest BCUT2D eigenvalue weighted by molar-refractivity contribution is 5.83. The maximum atomic E-state index is 12.9. The fourth-order valence-corrected chi connectivity index (χ4v) is 3.64. The van der Waals surface area contributed by atoms with Gasteiger partial charge >= 0.3 is 0 Å². The lowest BCUT2D eigenvalue weighted by molar-refractivity contribution is -0.134. The summed E-state index contributed by atoms with van der Waals surface area (Å²) in [5.74, 6) is 1.07. The number of piperidine rings is 1. The monoisotopic (exact) mass is 349 g/mol. The Bertz CT molecular complexity index is 917. The third kappa shape index (κ3) is 3.08. The molecule has 0 bridgehead atoms. The number of hydrogen-bond donors (Lipinski definition) is 1. The van der Waals surface area contributed by atoms with Crippen LogP contribution in [0.2, 0.25) is 0 Å². The van der Waals surface area contributed by atoms with E-state index in [2.05, 4.69) is 10.2 Å². The van der Waals surface area contributed by atoms with E-state index in [9.17, 15) is 4.79 Å². The molecule has 3 heterocycles. The van der Waals surface area contributed by atoms with Gasteiger partial charge < -0.3 is 10.6 Å². The lowest BCUT2D eigenvalue weighted by Crippen LogP contribution is -2.44. The number of aromatic nitrogens is 3. The summed E-state index contributed by atoms with van der Waals surface area (Å²) < 4.78 is 2.01. The average molecular weight is 349 g/mol. The summed E-state index contributed by atoms with van der Waals surface area (Å²) in [7, 11) is 0. The standard InChI is InChI=1S/C20H23N5O/c1-14-7-9-15(10-8-14)18(21)20(26)24-11-4-5-16(13-24)19-23-22-17-6-2-3-12-25(17)19/h2-3,6-10,12,16,18H,4-5,11,13,21H2,1H3. The third-order valence-corrected chi connectivity index (χ3v) is 5.14. The van der Waals surface area contributed by atoms with Gasteiger partial charge in [-0.3, -0.25) is 9.20 Å². The van der Waals surface area contributed by atoms with E-state index in [0.29, 0.717) is 6.54 Å². The van der Waals surface area contributed by atoms with Crippen molar-refractivity contribution in [3.63, 3.8) is 0 Å². The molecule has 1 saturated heterocycles. The number of fused-ring (bicyclic) bond motifs is 1. The fraction of sp³-hybridized carbons (Fsp3) is 0.350. The van der Waals surface area contributed by atoms with E-state index < -0.39 is 6.04 Å². The van der Waals surface area contributed by atoms with Crippen LogP contribution in [0.1, 0.15) is 41.8 Å². The highest BCUT2D eigenvalue weighted by atomic mass is 16.2. The zero-order valence-corrected chi connectivity index (χ0v) is 14.9. The predicted molar refractivity (Wildman–Crippen MR) is 99.6 cm³/mol. The number of rotatable bonds is 3. The molecule has 2 N–H and O–H groups in total. The molecule has 1 aliphatic rings. The molecule has 1 aliphatic heterocycles. The predicted octanol–water partition coefficient (Wildman–Crippen LogP) is 2.44. The van der Waals surface area contributed by atoms with Crippen LogP contribution in [0.3, 0.4) is 0 Å². The number of nitrogens with two attached hydrogens (primary N) is 1. The van der Waals surface area contributed by atoms with Crippen LogP contribution >= 0.6 is 0 Å². The van der Waals surface area contributed by atoms with Gasteiger partial charge in [0.2, 0.25) is 5.91 Å². The lowest BCUT2D eigenvalue weighted by atomic mass is 9.95. The van der Waals surface area contributed by atoms with Crippen molar-refractivity contribution in [1.29, 1.82) is 0 Å². The molecule has 1 aromatic carbocycles. The Labute approximate surface area is 152 Å². The van der Waals surface area contributed by atoms with E-state index in [0.717, 1.165) is 42.0 Å². The Kier molecular flexibility index (Phi) is 4.42. The smallest absolute Gasteiger partial charge is 0.244 e. The maximum Gasteiger partial charge on any atom is 0.244 e. The molecule has 2 atom stereocenters. The van der Waals surface area contributed by atoms with Gasteiger partial charge in [-0.25, -0.2) is 0 Å². The van der Waals surface area contributed by atoms with Gasteiger partial charge in [-0.2, -0.15) is 0 Å². The van der Waals surface area contributed by atoms with Crippen LogP contribution in [0.4, 0.5) is 0 Å². The Morgan fingerprint density at radius 1 is 1.19 bits per heavy atom. The number of likely N-dealkylation sites (tertiary alicyclic amines) is 1. The number of nitrogens with zero attached hydrogens (tertiary/aromatic N) is 4. The molecule has 0 saturated carbocycles. The van der Waals surface area contributed by atoms with Crippen molar-refractivity contribution in [2.75, 3.05) is 13.1 Å². The highest BCUT2D eigenvalue weighted by Gasteiger charge is 2.30. The highest BCUT2D eigenvalue weighted by Crippen LogP contribution is 2.27. The molecule has 134 valence electrons. The number of benzene rings is 1. The Morgan fingerprint density at radius 2 is 2.00 bits per heavy atom. The summed E-state index contributed by atoms with van der Waals surface area (Å²) in [6.45, 7) is 3.40. The van der Waals surface area contributed by atoms with E-state index in [1.807, 2.05) is 64.9 Å². The van der Waals surface area contributed by atoms with Gasteiger partial charge in [0.15, 0.2) is 5.65 Å². The Morgan fingerprint density at radius 3 is 2.81 bits per heavy atom. The summed E-state index contributed by atoms with van der Waals surface area (Å²) in [5.41, 5.74) is 9.10. The molecule has 1 amide bonds. The van der Waals surface area contributed by atoms with Gasteiger partial charge in [0.1, 0.15) is 11.9 Å². The molecular formula is C20H23N5O. The number of carbonyl (C=O) groups is 1. The van der Waals surface area contributed by atoms with Crippen LogP contribution < -0.4 is 5.73 Å². The van der Waals surface area contributed by atoms with Gasteiger partial charge in [-0.15, -0.1) is 10.2 Å². The number of hydrogen-bond acceptors (Lipinski definition) is 4. The zero-order chi connectivity index (χ0) is 18.1. The summed E-state index contributed by atoms with van der Waals surface area (Å²) in [6.07, 6.45) is 3.92. The molecule has 0 radical (unpaired) electrons. The number of aryl methyl sites for hydroxylation is 1. The first-order chi connectivity index (χ1) is 12.6. The van der Waals surface area contributed by atoms with Crippen LogP contribution in [0.15, 0.2) is 48.7 Å². The van der Waals surface area contributed by atoms with Crippen LogP contribution in [-0.4, -0.2) is 38.5 Å². The largest absolute Gasteiger partial charge is 0.340 e. The molecule has 1 fully saturated rings. The van der Waals surface area contributed by atoms with Crippen LogP contribution in [0.5, 0.6) is 0 Å². The van der Waals surface area contributed by atoms with Gasteiger partial charge in [-0.05, 0) is 37.5 Å². The first-order valence-corrected chi connectivity index (χ1v) is 9.04. The van der Waals surface area contributed by atoms with Crippen molar-refractivity contribution in [2.45, 2.75) is 31.7 Å². The van der Waals surface area contributed by atoms with Crippen molar-refractivity contribution < 1.29 is 4.79 Å². The normalized spacial score (nSPS) is 18.8. The van der Waals surface area contributed by atoms with Crippen molar-refractivity contribution in [1.82, 2.24) is 19.5 Å². The molecule has 3 aromatic rings. The van der Waals surface area contributed by atoms with Crippen LogP contribution in [0, 0.1) is 6.92 Å². The van der Waals surface area contributed by atoms with E-state index in [-0.39, 0.29) is 11.8 Å². The molecule has 0 spiro atoms. The minimum absolute atomic E-state index is 0.0210. The first kappa shape index (κ1) is 16.7. The van der Waals surface area contributed by atoms with E-state index in [4.69, 9.17) is 5.73 Å². The van der Waals surface area contributed by atoms with Crippen molar-refractivity contribution >= 4 is 11.6 Å². The van der Waals surface area contributed by atoms with Crippen LogP contribution in [0.25, 0.3) is 5.65 Å². The second-order valence-corrected chi connectivity index (χ2v) is 7.00. The Hall–Kier alpha value is -2.73. The molecule has 26 heavy (non-hydrogen) atoms. The fourth-order valence-electron chi connectivity index (χ4n) is 3.64. The van der Waals surface area contributed by atoms with Crippen molar-refractivity contribution in [2.24, 2.45) is 5.73 Å². The Balaban J connectivity index is 1.53. The molecule has 2 unspecified atom stereocenters. The van der Waals surface area contributed by atoms with Crippen molar-refractivity contribution in [3.8, 4) is 0 Å². The minimum Gasteiger partial charge on any atom is -0.340 e. The second kappa shape index (κ2) is 6.88. The van der Waals surface area contributed by atoms with E-state index in [1.54, 1.807) is 0 Å². The zero-order valence-electron chi connectivity index (χ0n) is 14.9. The second-order valence-electron chi connectivity index (χ2n) is 7.00. The minimum atomic E-state index is -0.621. The molecule has 0 aliphatic carbocycles. The summed E-state index contributed by atoms with van der Waals surface area (Å²) in [6, 6.07) is 13.1. The molecule has 2 aromatic heterocycles. The number of carbonyl (C=O) groups excluding carboxylic acids is 1. The van der Waals surface area contributed by atoms with Crippen LogP contribution in [-0.2, 0) is 4.79 Å². The molecule has 6 nitrogen and oxygen atoms in total. The maximum absolute atomic E-state index is 12.9. The van der Waals surface area contributed by atoms with Gasteiger partial charge in [0.25, 0.3) is 0 Å². The average Bonchev–Trinajstić information content (AvgIpc) is 3.12. The van der Waals surface area contributed by atoms with E-state index in [1.165, 1.54) is 0 Å². The number of amides is 1. The van der Waals surface area contributed by atoms with Gasteiger partial charge in [0.05, 0.1) is 0 Å². The summed E-state index contributed by atoms with van der Waals surface area (Å²) in [4.78, 5) is 14.8. The quantitative estimate of drug-likeness (QED) is 0.788. The molecule has 6 heteroatoms. The summed E-state index contributed by atoms with van der Waals surface area (Å²) >= 11 is 0. The van der Waals surface area contributed by atoms with Gasteiger partial charge in [-0.1, -0.05) is 35.9 Å². The van der Waals surface area contributed by atoms with E-state index >= 15 is 0 Å². The SMILES string of the molecule is Cc1ccc(C(N)C(=O)N2CCCC(c3nnc4ccccn34)C2)cc1. The number of pyridine rings is 1. The summed E-state index contributed by atoms with van der Waals surface area (Å²) in [5, 5.41) is 8.61. The third-order valence-electron chi connectivity index (χ3n) is 5.14. The molecular weight excluding hydrogens is 326 g/mol. The van der Waals surface area contributed by atoms with Gasteiger partial charge in [0, 0.05) is 25.2 Å². The molecule has 4 rings (SSSR count). The lowest BCUT2D eigenvalue weighted by Gasteiger charge is -2.33.